The molecule has 0 unspecified atom stereocenters. The smallest absolute Gasteiger partial charge is 0.261 e. The van der Waals surface area contributed by atoms with Crippen LogP contribution < -0.4 is 5.56 Å². The lowest BCUT2D eigenvalue weighted by Crippen LogP contribution is -2.25. The first-order valence-electron chi connectivity index (χ1n) is 4.91. The fourth-order valence-corrected chi connectivity index (χ4v) is 2.03. The van der Waals surface area contributed by atoms with Crippen LogP contribution in [0.2, 0.25) is 0 Å². The van der Waals surface area contributed by atoms with E-state index in [1.165, 1.54) is 4.57 Å². The first kappa shape index (κ1) is 11.3. The van der Waals surface area contributed by atoms with Crippen molar-refractivity contribution in [1.29, 1.82) is 0 Å². The Hall–Kier alpha value is -1.20. The molecule has 0 saturated heterocycles. The van der Waals surface area contributed by atoms with E-state index in [-0.39, 0.29) is 18.7 Å². The van der Waals surface area contributed by atoms with Gasteiger partial charge in [-0.05, 0) is 25.1 Å². The standard InChI is InChI=1S/C11H11BrN2O2/c1-7-13-10-3-2-8(12)6-9(10)11(16)14(7)4-5-15/h2-3,6,15H,4-5H2,1H3. The Labute approximate surface area is 101 Å². The molecule has 16 heavy (non-hydrogen) atoms. The number of halogens is 1. The molecule has 0 fully saturated rings. The van der Waals surface area contributed by atoms with Gasteiger partial charge < -0.3 is 5.11 Å². The number of aromatic nitrogens is 2. The van der Waals surface area contributed by atoms with Crippen molar-refractivity contribution in [2.45, 2.75) is 13.5 Å². The quantitative estimate of drug-likeness (QED) is 0.907. The Bertz CT molecular complexity index is 592. The first-order valence-corrected chi connectivity index (χ1v) is 5.70. The van der Waals surface area contributed by atoms with Gasteiger partial charge in [-0.3, -0.25) is 9.36 Å². The van der Waals surface area contributed by atoms with Gasteiger partial charge in [0.25, 0.3) is 5.56 Å². The largest absolute Gasteiger partial charge is 0.395 e. The minimum absolute atomic E-state index is 0.0675. The molecule has 4 nitrogen and oxygen atoms in total. The van der Waals surface area contributed by atoms with Crippen LogP contribution in [-0.2, 0) is 6.54 Å². The predicted octanol–water partition coefficient (Wildman–Crippen LogP) is 1.46. The van der Waals surface area contributed by atoms with Crippen LogP contribution >= 0.6 is 15.9 Å². The fourth-order valence-electron chi connectivity index (χ4n) is 1.67. The Morgan fingerprint density at radius 3 is 2.94 bits per heavy atom. The Morgan fingerprint density at radius 1 is 1.50 bits per heavy atom. The van der Waals surface area contributed by atoms with Crippen LogP contribution in [0.25, 0.3) is 10.9 Å². The number of hydrogen-bond donors (Lipinski definition) is 1. The number of benzene rings is 1. The molecule has 5 heteroatoms. The number of aryl methyl sites for hydroxylation is 1. The van der Waals surface area contributed by atoms with Gasteiger partial charge in [-0.15, -0.1) is 0 Å². The van der Waals surface area contributed by atoms with Gasteiger partial charge in [0.2, 0.25) is 0 Å². The summed E-state index contributed by atoms with van der Waals surface area (Å²) in [6, 6.07) is 5.40. The molecule has 0 aliphatic heterocycles. The van der Waals surface area contributed by atoms with E-state index in [1.54, 1.807) is 19.1 Å². The highest BCUT2D eigenvalue weighted by Crippen LogP contribution is 2.15. The average molecular weight is 283 g/mol. The fraction of sp³-hybridized carbons (Fsp3) is 0.273. The highest BCUT2D eigenvalue weighted by molar-refractivity contribution is 9.10. The highest BCUT2D eigenvalue weighted by atomic mass is 79.9. The number of nitrogens with zero attached hydrogens (tertiary/aromatic N) is 2. The molecule has 0 bridgehead atoms. The molecule has 1 N–H and O–H groups in total. The minimum atomic E-state index is -0.113. The van der Waals surface area contributed by atoms with Crippen LogP contribution in [0.1, 0.15) is 5.82 Å². The van der Waals surface area contributed by atoms with E-state index in [0.717, 1.165) is 4.47 Å². The van der Waals surface area contributed by atoms with Crippen molar-refractivity contribution in [3.8, 4) is 0 Å². The SMILES string of the molecule is Cc1nc2ccc(Br)cc2c(=O)n1CCO. The molecule has 1 aromatic heterocycles. The van der Waals surface area contributed by atoms with E-state index >= 15 is 0 Å². The van der Waals surface area contributed by atoms with Crippen molar-refractivity contribution >= 4 is 26.8 Å². The molecule has 2 rings (SSSR count). The van der Waals surface area contributed by atoms with Crippen LogP contribution in [0, 0.1) is 6.92 Å². The lowest BCUT2D eigenvalue weighted by atomic mass is 10.2. The molecular weight excluding hydrogens is 272 g/mol. The Balaban J connectivity index is 2.80. The summed E-state index contributed by atoms with van der Waals surface area (Å²) in [6.45, 7) is 1.97. The zero-order valence-corrected chi connectivity index (χ0v) is 10.4. The predicted molar refractivity (Wildman–Crippen MR) is 65.5 cm³/mol. The summed E-state index contributed by atoms with van der Waals surface area (Å²) in [5, 5.41) is 9.46. The second-order valence-electron chi connectivity index (χ2n) is 3.50. The maximum Gasteiger partial charge on any atom is 0.261 e. The minimum Gasteiger partial charge on any atom is -0.395 e. The molecule has 2 aromatic rings. The van der Waals surface area contributed by atoms with E-state index in [9.17, 15) is 4.79 Å². The molecule has 1 heterocycles. The van der Waals surface area contributed by atoms with E-state index in [0.29, 0.717) is 16.7 Å². The topological polar surface area (TPSA) is 55.1 Å². The molecule has 0 saturated carbocycles. The van der Waals surface area contributed by atoms with Crippen molar-refractivity contribution in [2.75, 3.05) is 6.61 Å². The van der Waals surface area contributed by atoms with Gasteiger partial charge in [0, 0.05) is 4.47 Å². The summed E-state index contributed by atoms with van der Waals surface area (Å²) in [6.07, 6.45) is 0. The van der Waals surface area contributed by atoms with E-state index < -0.39 is 0 Å². The molecular formula is C11H11BrN2O2. The van der Waals surface area contributed by atoms with Crippen LogP contribution in [0.15, 0.2) is 27.5 Å². The zero-order valence-electron chi connectivity index (χ0n) is 8.77. The van der Waals surface area contributed by atoms with Crippen molar-refractivity contribution < 1.29 is 5.11 Å². The van der Waals surface area contributed by atoms with Crippen LogP contribution in [0.4, 0.5) is 0 Å². The molecule has 84 valence electrons. The second kappa shape index (κ2) is 4.35. The third-order valence-electron chi connectivity index (χ3n) is 2.43. The molecule has 0 aliphatic rings. The summed E-state index contributed by atoms with van der Waals surface area (Å²) in [5.41, 5.74) is 0.567. The lowest BCUT2D eigenvalue weighted by molar-refractivity contribution is 0.272. The van der Waals surface area contributed by atoms with E-state index in [1.807, 2.05) is 6.07 Å². The summed E-state index contributed by atoms with van der Waals surface area (Å²) >= 11 is 3.32. The zero-order chi connectivity index (χ0) is 11.7. The third-order valence-corrected chi connectivity index (χ3v) is 2.92. The number of aliphatic hydroxyl groups is 1. The number of rotatable bonds is 2. The van der Waals surface area contributed by atoms with Gasteiger partial charge in [0.1, 0.15) is 5.82 Å². The average Bonchev–Trinajstić information content (AvgIpc) is 2.26. The molecule has 0 radical (unpaired) electrons. The number of fused-ring (bicyclic) bond motifs is 1. The maximum absolute atomic E-state index is 12.1. The van der Waals surface area contributed by atoms with E-state index in [4.69, 9.17) is 5.11 Å². The number of aliphatic hydroxyl groups excluding tert-OH is 1. The van der Waals surface area contributed by atoms with Gasteiger partial charge in [-0.25, -0.2) is 4.98 Å². The third kappa shape index (κ3) is 1.88. The van der Waals surface area contributed by atoms with Crippen LogP contribution in [0.5, 0.6) is 0 Å². The van der Waals surface area contributed by atoms with E-state index in [2.05, 4.69) is 20.9 Å². The Kier molecular flexibility index (Phi) is 3.07. The highest BCUT2D eigenvalue weighted by Gasteiger charge is 2.07. The molecule has 1 aromatic carbocycles. The second-order valence-corrected chi connectivity index (χ2v) is 4.42. The van der Waals surface area contributed by atoms with Crippen molar-refractivity contribution in [3.05, 3.63) is 38.9 Å². The van der Waals surface area contributed by atoms with Gasteiger partial charge in [0.15, 0.2) is 0 Å². The van der Waals surface area contributed by atoms with Crippen molar-refractivity contribution in [2.24, 2.45) is 0 Å². The van der Waals surface area contributed by atoms with Gasteiger partial charge in [-0.1, -0.05) is 15.9 Å². The maximum atomic E-state index is 12.1. The van der Waals surface area contributed by atoms with Gasteiger partial charge in [0.05, 0.1) is 24.1 Å². The molecule has 0 amide bonds. The Morgan fingerprint density at radius 2 is 2.25 bits per heavy atom. The lowest BCUT2D eigenvalue weighted by Gasteiger charge is -2.08. The molecule has 0 spiro atoms. The first-order chi connectivity index (χ1) is 7.63. The summed E-state index contributed by atoms with van der Waals surface area (Å²) in [5.74, 6) is 0.619. The van der Waals surface area contributed by atoms with Crippen LogP contribution in [0.3, 0.4) is 0 Å². The summed E-state index contributed by atoms with van der Waals surface area (Å²) < 4.78 is 2.33. The molecule has 0 atom stereocenters. The number of hydrogen-bond acceptors (Lipinski definition) is 3. The van der Waals surface area contributed by atoms with Crippen LogP contribution in [-0.4, -0.2) is 21.3 Å². The van der Waals surface area contributed by atoms with Crippen molar-refractivity contribution in [1.82, 2.24) is 9.55 Å². The summed E-state index contributed by atoms with van der Waals surface area (Å²) in [7, 11) is 0. The van der Waals surface area contributed by atoms with Gasteiger partial charge >= 0.3 is 0 Å². The van der Waals surface area contributed by atoms with Gasteiger partial charge in [-0.2, -0.15) is 0 Å². The molecule has 0 aliphatic carbocycles. The van der Waals surface area contributed by atoms with Crippen molar-refractivity contribution in [3.63, 3.8) is 0 Å². The monoisotopic (exact) mass is 282 g/mol. The summed E-state index contributed by atoms with van der Waals surface area (Å²) in [4.78, 5) is 16.4. The normalized spacial score (nSPS) is 10.9.